The van der Waals surface area contributed by atoms with E-state index in [2.05, 4.69) is 9.97 Å². The van der Waals surface area contributed by atoms with Crippen molar-refractivity contribution in [3.8, 4) is 11.5 Å². The van der Waals surface area contributed by atoms with Gasteiger partial charge in [0.15, 0.2) is 11.6 Å². The van der Waals surface area contributed by atoms with Crippen LogP contribution in [0.4, 0.5) is 11.8 Å². The third-order valence-corrected chi connectivity index (χ3v) is 3.78. The summed E-state index contributed by atoms with van der Waals surface area (Å²) in [5.41, 5.74) is 14.7. The van der Waals surface area contributed by atoms with E-state index in [1.165, 1.54) is 0 Å². The smallest absolute Gasteiger partial charge is 0.243 e. The fraction of sp³-hybridized carbons (Fsp3) is 0.389. The Morgan fingerprint density at radius 2 is 2.00 bits per heavy atom. The molecule has 1 heterocycles. The van der Waals surface area contributed by atoms with E-state index in [-0.39, 0.29) is 18.2 Å². The van der Waals surface area contributed by atoms with Crippen LogP contribution in [-0.4, -0.2) is 34.3 Å². The van der Waals surface area contributed by atoms with Gasteiger partial charge in [-0.15, -0.1) is 0 Å². The van der Waals surface area contributed by atoms with Gasteiger partial charge in [0.05, 0.1) is 18.9 Å². The number of amides is 1. The molecule has 0 saturated carbocycles. The highest BCUT2D eigenvalue weighted by atomic mass is 16.5. The number of aromatic nitrogens is 2. The predicted octanol–water partition coefficient (Wildman–Crippen LogP) is 1.49. The van der Waals surface area contributed by atoms with Gasteiger partial charge >= 0.3 is 0 Å². The number of carbonyl (C=O) groups is 1. The van der Waals surface area contributed by atoms with E-state index in [9.17, 15) is 4.79 Å². The van der Waals surface area contributed by atoms with Crippen molar-refractivity contribution in [2.75, 3.05) is 24.7 Å². The van der Waals surface area contributed by atoms with Crippen LogP contribution in [0, 0.1) is 0 Å². The van der Waals surface area contributed by atoms with Gasteiger partial charge in [0.1, 0.15) is 5.75 Å². The van der Waals surface area contributed by atoms with E-state index in [1.54, 1.807) is 5.48 Å². The van der Waals surface area contributed by atoms with Crippen LogP contribution < -0.4 is 26.4 Å². The third-order valence-electron chi connectivity index (χ3n) is 3.78. The molecule has 27 heavy (non-hydrogen) atoms. The highest BCUT2D eigenvalue weighted by Crippen LogP contribution is 2.24. The minimum atomic E-state index is -0.421. The van der Waals surface area contributed by atoms with Gasteiger partial charge in [0.25, 0.3) is 0 Å². The number of aryl methyl sites for hydroxylation is 2. The first-order valence-electron chi connectivity index (χ1n) is 8.72. The second-order valence-electron chi connectivity index (χ2n) is 5.83. The molecule has 2 rings (SSSR count). The molecule has 9 heteroatoms. The summed E-state index contributed by atoms with van der Waals surface area (Å²) in [5.74, 6) is 1.13. The van der Waals surface area contributed by atoms with E-state index >= 15 is 0 Å². The van der Waals surface area contributed by atoms with E-state index in [0.717, 1.165) is 5.56 Å². The number of hydrogen-bond acceptors (Lipinski definition) is 8. The molecule has 2 aromatic rings. The van der Waals surface area contributed by atoms with Gasteiger partial charge in [-0.3, -0.25) is 10.0 Å². The van der Waals surface area contributed by atoms with Crippen molar-refractivity contribution < 1.29 is 19.5 Å². The Bertz CT molecular complexity index is 769. The molecule has 0 aliphatic heterocycles. The van der Waals surface area contributed by atoms with Crippen LogP contribution in [0.2, 0.25) is 0 Å². The molecule has 6 N–H and O–H groups in total. The van der Waals surface area contributed by atoms with Crippen molar-refractivity contribution in [3.63, 3.8) is 0 Å². The summed E-state index contributed by atoms with van der Waals surface area (Å²) in [7, 11) is 0. The lowest BCUT2D eigenvalue weighted by Gasteiger charge is -2.12. The number of rotatable bonds is 10. The average molecular weight is 375 g/mol. The number of carbonyl (C=O) groups excluding carboxylic acids is 1. The van der Waals surface area contributed by atoms with Gasteiger partial charge in [-0.2, -0.15) is 4.98 Å². The normalized spacial score (nSPS) is 10.4. The van der Waals surface area contributed by atoms with Gasteiger partial charge < -0.3 is 20.9 Å². The first-order chi connectivity index (χ1) is 13.0. The molecule has 0 spiro atoms. The molecule has 1 aromatic heterocycles. The molecule has 0 bridgehead atoms. The predicted molar refractivity (Wildman–Crippen MR) is 101 cm³/mol. The minimum Gasteiger partial charge on any atom is -0.493 e. The zero-order valence-electron chi connectivity index (χ0n) is 15.3. The summed E-state index contributed by atoms with van der Waals surface area (Å²) >= 11 is 0. The number of nitrogens with one attached hydrogen (secondary N) is 1. The number of nitrogens with zero attached hydrogens (tertiary/aromatic N) is 2. The Hall–Kier alpha value is -3.07. The van der Waals surface area contributed by atoms with Crippen molar-refractivity contribution in [2.45, 2.75) is 32.6 Å². The van der Waals surface area contributed by atoms with Gasteiger partial charge in [-0.1, -0.05) is 19.1 Å². The summed E-state index contributed by atoms with van der Waals surface area (Å²) in [4.78, 5) is 19.1. The van der Waals surface area contributed by atoms with Crippen LogP contribution >= 0.6 is 0 Å². The Morgan fingerprint density at radius 3 is 2.74 bits per heavy atom. The van der Waals surface area contributed by atoms with Gasteiger partial charge in [-0.05, 0) is 30.5 Å². The number of anilines is 2. The average Bonchev–Trinajstić information content (AvgIpc) is 2.67. The molecule has 1 aromatic carbocycles. The van der Waals surface area contributed by atoms with Crippen LogP contribution in [0.25, 0.3) is 0 Å². The Kier molecular flexibility index (Phi) is 7.63. The van der Waals surface area contributed by atoms with Gasteiger partial charge in [-0.25, -0.2) is 10.5 Å². The second kappa shape index (κ2) is 10.2. The van der Waals surface area contributed by atoms with Crippen LogP contribution in [0.5, 0.6) is 11.5 Å². The van der Waals surface area contributed by atoms with Crippen molar-refractivity contribution >= 4 is 17.7 Å². The molecule has 0 aliphatic rings. The zero-order chi connectivity index (χ0) is 19.6. The van der Waals surface area contributed by atoms with E-state index in [4.69, 9.17) is 26.1 Å². The molecular formula is C18H25N5O4. The first kappa shape index (κ1) is 20.2. The summed E-state index contributed by atoms with van der Waals surface area (Å²) in [6.07, 6.45) is 2.01. The quantitative estimate of drug-likeness (QED) is 0.277. The van der Waals surface area contributed by atoms with Crippen molar-refractivity contribution in [1.82, 2.24) is 15.4 Å². The number of ether oxygens (including phenoxy) is 2. The molecule has 0 saturated heterocycles. The fourth-order valence-electron chi connectivity index (χ4n) is 2.46. The van der Waals surface area contributed by atoms with Crippen molar-refractivity contribution in [3.05, 3.63) is 35.5 Å². The molecule has 0 atom stereocenters. The number of benzene rings is 1. The largest absolute Gasteiger partial charge is 0.493 e. The standard InChI is InChI=1S/C18H25N5O4/c1-2-14-16(17(19)22-18(20)21-14)27-10-4-9-26-13-6-3-5-12(11-13)7-8-15(24)23-25/h3,5-6,11,25H,2,4,7-10H2,1H3,(H,23,24)(H4,19,20,21,22). The summed E-state index contributed by atoms with van der Waals surface area (Å²) in [5, 5.41) is 8.52. The Labute approximate surface area is 157 Å². The van der Waals surface area contributed by atoms with E-state index in [1.807, 2.05) is 31.2 Å². The van der Waals surface area contributed by atoms with E-state index in [0.29, 0.717) is 49.7 Å². The van der Waals surface area contributed by atoms with Crippen LogP contribution in [-0.2, 0) is 17.6 Å². The van der Waals surface area contributed by atoms with Gasteiger partial charge in [0.2, 0.25) is 11.9 Å². The van der Waals surface area contributed by atoms with Crippen LogP contribution in [0.15, 0.2) is 24.3 Å². The molecular weight excluding hydrogens is 350 g/mol. The lowest BCUT2D eigenvalue weighted by atomic mass is 10.1. The summed E-state index contributed by atoms with van der Waals surface area (Å²) in [6.45, 7) is 2.80. The molecule has 0 fully saturated rings. The lowest BCUT2D eigenvalue weighted by molar-refractivity contribution is -0.129. The molecule has 9 nitrogen and oxygen atoms in total. The maximum absolute atomic E-state index is 11.1. The lowest BCUT2D eigenvalue weighted by Crippen LogP contribution is -2.18. The van der Waals surface area contributed by atoms with Crippen LogP contribution in [0.3, 0.4) is 0 Å². The monoisotopic (exact) mass is 375 g/mol. The molecule has 1 amide bonds. The molecule has 0 unspecified atom stereocenters. The number of hydroxylamine groups is 1. The highest BCUT2D eigenvalue weighted by molar-refractivity contribution is 5.74. The molecule has 0 aliphatic carbocycles. The summed E-state index contributed by atoms with van der Waals surface area (Å²) in [6, 6.07) is 7.47. The fourth-order valence-corrected chi connectivity index (χ4v) is 2.46. The number of hydrogen-bond donors (Lipinski definition) is 4. The second-order valence-corrected chi connectivity index (χ2v) is 5.83. The highest BCUT2D eigenvalue weighted by Gasteiger charge is 2.11. The van der Waals surface area contributed by atoms with Crippen molar-refractivity contribution in [2.24, 2.45) is 0 Å². The maximum atomic E-state index is 11.1. The zero-order valence-corrected chi connectivity index (χ0v) is 15.3. The maximum Gasteiger partial charge on any atom is 0.243 e. The van der Waals surface area contributed by atoms with Crippen molar-refractivity contribution in [1.29, 1.82) is 0 Å². The minimum absolute atomic E-state index is 0.136. The molecule has 146 valence electrons. The number of nitrogen functional groups attached to an aromatic ring is 2. The van der Waals surface area contributed by atoms with Gasteiger partial charge in [0, 0.05) is 12.8 Å². The summed E-state index contributed by atoms with van der Waals surface area (Å²) < 4.78 is 11.4. The van der Waals surface area contributed by atoms with Crippen LogP contribution in [0.1, 0.15) is 31.0 Å². The third kappa shape index (κ3) is 6.30. The Morgan fingerprint density at radius 1 is 1.22 bits per heavy atom. The number of nitrogens with two attached hydrogens (primary N) is 2. The Balaban J connectivity index is 1.78. The SMILES string of the molecule is CCc1nc(N)nc(N)c1OCCCOc1cccc(CCC(=O)NO)c1. The molecule has 0 radical (unpaired) electrons. The van der Waals surface area contributed by atoms with E-state index < -0.39 is 5.91 Å². The topological polar surface area (TPSA) is 146 Å². The first-order valence-corrected chi connectivity index (χ1v) is 8.72.